The molecule has 29 heavy (non-hydrogen) atoms. The van der Waals surface area contributed by atoms with Crippen molar-refractivity contribution < 1.29 is 14.3 Å². The first-order chi connectivity index (χ1) is 14.1. The molecular weight excluding hydrogens is 368 g/mol. The van der Waals surface area contributed by atoms with Crippen LogP contribution in [0.2, 0.25) is 0 Å². The smallest absolute Gasteiger partial charge is 0.338 e. The van der Waals surface area contributed by atoms with E-state index < -0.39 is 5.97 Å². The molecule has 1 amide bonds. The number of nitrogens with one attached hydrogen (secondary N) is 1. The minimum atomic E-state index is -0.394. The molecule has 0 saturated heterocycles. The van der Waals surface area contributed by atoms with Crippen molar-refractivity contribution in [1.29, 1.82) is 0 Å². The van der Waals surface area contributed by atoms with Crippen LogP contribution in [0.4, 0.5) is 11.6 Å². The van der Waals surface area contributed by atoms with Gasteiger partial charge in [-0.3, -0.25) is 4.79 Å². The third kappa shape index (κ3) is 5.38. The molecule has 7 heteroatoms. The van der Waals surface area contributed by atoms with E-state index in [1.54, 1.807) is 31.2 Å². The minimum Gasteiger partial charge on any atom is -0.462 e. The fourth-order valence-corrected chi connectivity index (χ4v) is 2.67. The number of rotatable bonds is 7. The summed E-state index contributed by atoms with van der Waals surface area (Å²) in [5.41, 5.74) is 2.48. The van der Waals surface area contributed by atoms with E-state index in [1.165, 1.54) is 12.4 Å². The maximum absolute atomic E-state index is 12.4. The molecule has 0 unspecified atom stereocenters. The van der Waals surface area contributed by atoms with E-state index in [0.29, 0.717) is 35.9 Å². The molecule has 0 aliphatic rings. The van der Waals surface area contributed by atoms with E-state index in [4.69, 9.17) is 4.74 Å². The molecule has 0 bridgehead atoms. The number of hydrogen-bond donors (Lipinski definition) is 1. The number of carbonyl (C=O) groups is 2. The van der Waals surface area contributed by atoms with E-state index in [-0.39, 0.29) is 5.91 Å². The Bertz CT molecular complexity index is 958. The second-order valence-electron chi connectivity index (χ2n) is 6.37. The Morgan fingerprint density at radius 1 is 0.966 bits per heavy atom. The quantitative estimate of drug-likeness (QED) is 0.621. The van der Waals surface area contributed by atoms with Crippen LogP contribution in [0.5, 0.6) is 0 Å². The maximum atomic E-state index is 12.4. The van der Waals surface area contributed by atoms with Crippen LogP contribution < -0.4 is 10.2 Å². The van der Waals surface area contributed by atoms with Crippen molar-refractivity contribution in [2.75, 3.05) is 23.9 Å². The van der Waals surface area contributed by atoms with Gasteiger partial charge in [-0.05, 0) is 36.8 Å². The lowest BCUT2D eigenvalue weighted by molar-refractivity contribution is 0.0526. The Morgan fingerprint density at radius 2 is 1.62 bits per heavy atom. The fraction of sp³-hybridized carbons (Fsp3) is 0.182. The zero-order chi connectivity index (χ0) is 20.6. The average molecular weight is 390 g/mol. The highest BCUT2D eigenvalue weighted by Gasteiger charge is 2.11. The van der Waals surface area contributed by atoms with Gasteiger partial charge in [0.1, 0.15) is 0 Å². The van der Waals surface area contributed by atoms with Crippen molar-refractivity contribution in [1.82, 2.24) is 9.97 Å². The van der Waals surface area contributed by atoms with Crippen LogP contribution in [-0.2, 0) is 11.3 Å². The number of esters is 1. The summed E-state index contributed by atoms with van der Waals surface area (Å²) in [6.45, 7) is 2.73. The van der Waals surface area contributed by atoms with Crippen LogP contribution in [0.15, 0.2) is 67.0 Å². The third-order valence-corrected chi connectivity index (χ3v) is 4.16. The number of carbonyl (C=O) groups excluding carboxylic acids is 2. The maximum Gasteiger partial charge on any atom is 0.338 e. The van der Waals surface area contributed by atoms with E-state index in [9.17, 15) is 9.59 Å². The number of aromatic nitrogens is 2. The molecule has 0 fully saturated rings. The Kier molecular flexibility index (Phi) is 6.52. The number of amides is 1. The minimum absolute atomic E-state index is 0.313. The monoisotopic (exact) mass is 390 g/mol. The number of ether oxygens (including phenoxy) is 1. The summed E-state index contributed by atoms with van der Waals surface area (Å²) in [7, 11) is 1.90. The van der Waals surface area contributed by atoms with E-state index in [2.05, 4.69) is 15.3 Å². The molecule has 3 rings (SSSR count). The lowest BCUT2D eigenvalue weighted by atomic mass is 10.2. The summed E-state index contributed by atoms with van der Waals surface area (Å²) in [4.78, 5) is 34.6. The zero-order valence-electron chi connectivity index (χ0n) is 16.3. The molecule has 7 nitrogen and oxygen atoms in total. The Morgan fingerprint density at radius 3 is 2.24 bits per heavy atom. The molecular formula is C22H22N4O3. The molecule has 0 spiro atoms. The van der Waals surface area contributed by atoms with Crippen LogP contribution in [0.25, 0.3) is 0 Å². The molecule has 2 aromatic carbocycles. The second kappa shape index (κ2) is 9.45. The highest BCUT2D eigenvalue weighted by atomic mass is 16.5. The molecule has 0 atom stereocenters. The molecule has 1 N–H and O–H groups in total. The summed E-state index contributed by atoms with van der Waals surface area (Å²) >= 11 is 0. The Balaban J connectivity index is 1.60. The highest BCUT2D eigenvalue weighted by Crippen LogP contribution is 2.14. The van der Waals surface area contributed by atoms with Crippen LogP contribution in [0, 0.1) is 0 Å². The highest BCUT2D eigenvalue weighted by molar-refractivity contribution is 6.04. The van der Waals surface area contributed by atoms with Gasteiger partial charge in [0.25, 0.3) is 5.91 Å². The van der Waals surface area contributed by atoms with Crippen molar-refractivity contribution >= 4 is 23.5 Å². The van der Waals surface area contributed by atoms with Gasteiger partial charge in [0, 0.05) is 31.7 Å². The van der Waals surface area contributed by atoms with Gasteiger partial charge < -0.3 is 15.0 Å². The fourth-order valence-electron chi connectivity index (χ4n) is 2.67. The summed E-state index contributed by atoms with van der Waals surface area (Å²) in [5, 5.41) is 2.76. The standard InChI is InChI=1S/C22H22N4O3/c1-3-29-21(28)17-9-11-19(12-10-17)25-20(27)18-13-23-22(24-14-18)26(2)15-16-7-5-4-6-8-16/h4-14H,3,15H2,1-2H3,(H,25,27). The number of anilines is 2. The van der Waals surface area contributed by atoms with Crippen molar-refractivity contribution in [3.8, 4) is 0 Å². The average Bonchev–Trinajstić information content (AvgIpc) is 2.75. The van der Waals surface area contributed by atoms with Gasteiger partial charge in [0.15, 0.2) is 0 Å². The van der Waals surface area contributed by atoms with Gasteiger partial charge >= 0.3 is 5.97 Å². The Labute approximate surface area is 169 Å². The SMILES string of the molecule is CCOC(=O)c1ccc(NC(=O)c2cnc(N(C)Cc3ccccc3)nc2)cc1. The van der Waals surface area contributed by atoms with Crippen LogP contribution >= 0.6 is 0 Å². The summed E-state index contributed by atoms with van der Waals surface area (Å²) in [6.07, 6.45) is 2.98. The second-order valence-corrected chi connectivity index (χ2v) is 6.37. The molecule has 148 valence electrons. The van der Waals surface area contributed by atoms with Gasteiger partial charge in [-0.1, -0.05) is 30.3 Å². The van der Waals surface area contributed by atoms with Gasteiger partial charge in [0.2, 0.25) is 5.95 Å². The Hall–Kier alpha value is -3.74. The largest absolute Gasteiger partial charge is 0.462 e. The molecule has 3 aromatic rings. The molecule has 0 aliphatic heterocycles. The van der Waals surface area contributed by atoms with Crippen LogP contribution in [-0.4, -0.2) is 35.5 Å². The number of nitrogens with zero attached hydrogens (tertiary/aromatic N) is 3. The number of benzene rings is 2. The van der Waals surface area contributed by atoms with Gasteiger partial charge in [-0.2, -0.15) is 0 Å². The van der Waals surface area contributed by atoms with Crippen molar-refractivity contribution in [3.05, 3.63) is 83.7 Å². The lowest BCUT2D eigenvalue weighted by Crippen LogP contribution is -2.20. The zero-order valence-corrected chi connectivity index (χ0v) is 16.3. The van der Waals surface area contributed by atoms with E-state index in [1.807, 2.05) is 42.3 Å². The van der Waals surface area contributed by atoms with E-state index >= 15 is 0 Å². The third-order valence-electron chi connectivity index (χ3n) is 4.16. The topological polar surface area (TPSA) is 84.4 Å². The lowest BCUT2D eigenvalue weighted by Gasteiger charge is -2.17. The van der Waals surface area contributed by atoms with Crippen molar-refractivity contribution in [3.63, 3.8) is 0 Å². The van der Waals surface area contributed by atoms with E-state index in [0.717, 1.165) is 5.56 Å². The molecule has 1 heterocycles. The first-order valence-electron chi connectivity index (χ1n) is 9.22. The van der Waals surface area contributed by atoms with Gasteiger partial charge in [-0.25, -0.2) is 14.8 Å². The van der Waals surface area contributed by atoms with Gasteiger partial charge in [-0.15, -0.1) is 0 Å². The summed E-state index contributed by atoms with van der Waals surface area (Å²) in [6, 6.07) is 16.5. The molecule has 0 radical (unpaired) electrons. The first-order valence-corrected chi connectivity index (χ1v) is 9.22. The molecule has 0 aliphatic carbocycles. The predicted molar refractivity (Wildman–Crippen MR) is 111 cm³/mol. The number of hydrogen-bond acceptors (Lipinski definition) is 6. The summed E-state index contributed by atoms with van der Waals surface area (Å²) in [5.74, 6) is -0.190. The van der Waals surface area contributed by atoms with Crippen molar-refractivity contribution in [2.24, 2.45) is 0 Å². The summed E-state index contributed by atoms with van der Waals surface area (Å²) < 4.78 is 4.94. The molecule has 1 aromatic heterocycles. The molecule has 0 saturated carbocycles. The van der Waals surface area contributed by atoms with Crippen LogP contribution in [0.3, 0.4) is 0 Å². The first kappa shape index (κ1) is 20.0. The normalized spacial score (nSPS) is 10.3. The van der Waals surface area contributed by atoms with Crippen LogP contribution in [0.1, 0.15) is 33.2 Å². The predicted octanol–water partition coefficient (Wildman–Crippen LogP) is 3.54. The van der Waals surface area contributed by atoms with Gasteiger partial charge in [0.05, 0.1) is 17.7 Å². The van der Waals surface area contributed by atoms with Crippen molar-refractivity contribution in [2.45, 2.75) is 13.5 Å².